The van der Waals surface area contributed by atoms with Gasteiger partial charge in [-0.15, -0.1) is 0 Å². The first-order valence-electron chi connectivity index (χ1n) is 13.6. The molecular weight excluding hydrogens is 516 g/mol. The van der Waals surface area contributed by atoms with Gasteiger partial charge >= 0.3 is 0 Å². The number of carbonyl (C=O) groups is 2. The van der Waals surface area contributed by atoms with E-state index in [1.165, 1.54) is 24.7 Å². The number of amides is 1. The third-order valence-corrected chi connectivity index (χ3v) is 7.41. The quantitative estimate of drug-likeness (QED) is 0.150. The number of hydrogen-bond acceptors (Lipinski definition) is 6. The lowest BCUT2D eigenvalue weighted by Gasteiger charge is -2.14. The predicted octanol–water partition coefficient (Wildman–Crippen LogP) is 6.60. The molecule has 8 heteroatoms. The zero-order valence-electron chi connectivity index (χ0n) is 22.7. The molecule has 1 aliphatic heterocycles. The largest absolute Gasteiger partial charge is 0.494 e. The van der Waals surface area contributed by atoms with E-state index in [-0.39, 0.29) is 23.3 Å². The number of hydrogen-bond donors (Lipinski definition) is 3. The van der Waals surface area contributed by atoms with Crippen molar-refractivity contribution >= 4 is 40.2 Å². The number of aromatic nitrogens is 1. The number of carbonyl (C=O) groups excluding carboxylic acids is 2. The highest BCUT2D eigenvalue weighted by molar-refractivity contribution is 6.13. The van der Waals surface area contributed by atoms with Gasteiger partial charge in [-0.1, -0.05) is 36.4 Å². The standard InChI is InChI=1S/C33H30N4O4/c1-21-13-16-41-31(21)33(40)35-26-6-4-5-23(17-26)30(38)24-9-12-27-28(32(39)36-29(27)18-24)19-34-25-10-7-22(8-11-25)20-37-14-2-3-15-37/h4-13,16-19,36,39H,2-3,14-15,20H2,1H3,(H,35,40). The second-order valence-corrected chi connectivity index (χ2v) is 10.4. The molecule has 41 heavy (non-hydrogen) atoms. The van der Waals surface area contributed by atoms with Crippen molar-refractivity contribution in [1.82, 2.24) is 9.88 Å². The first kappa shape index (κ1) is 26.3. The lowest BCUT2D eigenvalue weighted by molar-refractivity contribution is 0.0993. The Morgan fingerprint density at radius 2 is 1.80 bits per heavy atom. The molecule has 3 N–H and O–H groups in total. The highest BCUT2D eigenvalue weighted by Gasteiger charge is 2.17. The monoisotopic (exact) mass is 546 g/mol. The van der Waals surface area contributed by atoms with Crippen molar-refractivity contribution in [2.45, 2.75) is 26.3 Å². The zero-order chi connectivity index (χ0) is 28.3. The fourth-order valence-corrected chi connectivity index (χ4v) is 5.20. The van der Waals surface area contributed by atoms with Gasteiger partial charge in [-0.2, -0.15) is 0 Å². The normalized spacial score (nSPS) is 13.8. The minimum atomic E-state index is -0.382. The average molecular weight is 547 g/mol. The summed E-state index contributed by atoms with van der Waals surface area (Å²) in [5.74, 6) is -0.382. The molecule has 1 saturated heterocycles. The topological polar surface area (TPSA) is 111 Å². The maximum absolute atomic E-state index is 13.3. The van der Waals surface area contributed by atoms with Crippen molar-refractivity contribution in [2.24, 2.45) is 4.99 Å². The summed E-state index contributed by atoms with van der Waals surface area (Å²) >= 11 is 0. The van der Waals surface area contributed by atoms with Crippen LogP contribution in [0.4, 0.5) is 11.4 Å². The van der Waals surface area contributed by atoms with Crippen LogP contribution in [0.2, 0.25) is 0 Å². The second kappa shape index (κ2) is 11.3. The van der Waals surface area contributed by atoms with Gasteiger partial charge in [0.05, 0.1) is 17.5 Å². The summed E-state index contributed by atoms with van der Waals surface area (Å²) < 4.78 is 5.25. The van der Waals surface area contributed by atoms with Crippen LogP contribution in [0.25, 0.3) is 10.9 Å². The number of rotatable bonds is 8. The number of nitrogens with one attached hydrogen (secondary N) is 2. The number of ketones is 1. The lowest BCUT2D eigenvalue weighted by atomic mass is 10.0. The highest BCUT2D eigenvalue weighted by Crippen LogP contribution is 2.28. The summed E-state index contributed by atoms with van der Waals surface area (Å²) in [6.07, 6.45) is 5.64. The smallest absolute Gasteiger partial charge is 0.291 e. The van der Waals surface area contributed by atoms with Crippen LogP contribution in [0.1, 0.15) is 56.0 Å². The first-order chi connectivity index (χ1) is 19.9. The lowest BCUT2D eigenvalue weighted by Crippen LogP contribution is -2.18. The van der Waals surface area contributed by atoms with E-state index in [1.807, 2.05) is 12.1 Å². The number of furan rings is 1. The third-order valence-electron chi connectivity index (χ3n) is 7.41. The first-order valence-corrected chi connectivity index (χ1v) is 13.6. The molecule has 206 valence electrons. The van der Waals surface area contributed by atoms with Gasteiger partial charge in [-0.05, 0) is 74.8 Å². The van der Waals surface area contributed by atoms with Gasteiger partial charge < -0.3 is 19.8 Å². The maximum atomic E-state index is 13.3. The van der Waals surface area contributed by atoms with Crippen LogP contribution in [0.5, 0.6) is 5.88 Å². The number of likely N-dealkylation sites (tertiary alicyclic amines) is 1. The molecule has 0 saturated carbocycles. The molecule has 0 atom stereocenters. The van der Waals surface area contributed by atoms with Crippen LogP contribution in [-0.2, 0) is 6.54 Å². The predicted molar refractivity (Wildman–Crippen MR) is 159 cm³/mol. The number of nitrogens with zero attached hydrogens (tertiary/aromatic N) is 2. The molecule has 0 aliphatic carbocycles. The molecule has 8 nitrogen and oxygen atoms in total. The van der Waals surface area contributed by atoms with E-state index in [0.717, 1.165) is 36.3 Å². The Morgan fingerprint density at radius 3 is 2.56 bits per heavy atom. The van der Waals surface area contributed by atoms with Gasteiger partial charge in [-0.25, -0.2) is 0 Å². The van der Waals surface area contributed by atoms with Crippen molar-refractivity contribution < 1.29 is 19.1 Å². The molecule has 1 amide bonds. The Balaban J connectivity index is 1.17. The van der Waals surface area contributed by atoms with E-state index in [9.17, 15) is 14.7 Å². The number of aromatic hydroxyl groups is 1. The molecule has 0 radical (unpaired) electrons. The molecule has 6 rings (SSSR count). The molecule has 0 bridgehead atoms. The Labute approximate surface area is 237 Å². The van der Waals surface area contributed by atoms with Gasteiger partial charge in [0, 0.05) is 46.0 Å². The van der Waals surface area contributed by atoms with Crippen molar-refractivity contribution in [3.63, 3.8) is 0 Å². The summed E-state index contributed by atoms with van der Waals surface area (Å²) in [5, 5.41) is 14.1. The van der Waals surface area contributed by atoms with Crippen LogP contribution >= 0.6 is 0 Å². The van der Waals surface area contributed by atoms with Gasteiger partial charge in [0.15, 0.2) is 17.4 Å². The number of aryl methyl sites for hydroxylation is 1. The third kappa shape index (κ3) is 5.69. The molecule has 3 aromatic carbocycles. The Bertz CT molecular complexity index is 1760. The van der Waals surface area contributed by atoms with E-state index in [0.29, 0.717) is 27.9 Å². The zero-order valence-corrected chi connectivity index (χ0v) is 22.7. The van der Waals surface area contributed by atoms with E-state index < -0.39 is 0 Å². The highest BCUT2D eigenvalue weighted by atomic mass is 16.3. The Hall–Kier alpha value is -4.95. The molecule has 2 aromatic heterocycles. The molecular formula is C33H30N4O4. The molecule has 0 spiro atoms. The van der Waals surface area contributed by atoms with Gasteiger partial charge in [0.25, 0.3) is 5.91 Å². The van der Waals surface area contributed by atoms with Gasteiger partial charge in [-0.3, -0.25) is 19.5 Å². The average Bonchev–Trinajstić information content (AvgIpc) is 3.72. The van der Waals surface area contributed by atoms with Crippen molar-refractivity contribution in [3.05, 3.63) is 113 Å². The van der Waals surface area contributed by atoms with Crippen LogP contribution < -0.4 is 5.32 Å². The number of anilines is 1. The van der Waals surface area contributed by atoms with Gasteiger partial charge in [0.2, 0.25) is 0 Å². The Morgan fingerprint density at radius 1 is 1.02 bits per heavy atom. The minimum absolute atomic E-state index is 0.0167. The fraction of sp³-hybridized carbons (Fsp3) is 0.182. The van der Waals surface area contributed by atoms with E-state index >= 15 is 0 Å². The Kier molecular flexibility index (Phi) is 7.22. The maximum Gasteiger partial charge on any atom is 0.291 e. The second-order valence-electron chi connectivity index (χ2n) is 10.4. The summed E-state index contributed by atoms with van der Waals surface area (Å²) in [5.41, 5.74) is 5.31. The van der Waals surface area contributed by atoms with E-state index in [2.05, 4.69) is 32.3 Å². The molecule has 5 aromatic rings. The fourth-order valence-electron chi connectivity index (χ4n) is 5.20. The SMILES string of the molecule is Cc1ccoc1C(=O)Nc1cccc(C(=O)c2ccc3c(C=Nc4ccc(CN5CCCC5)cc4)c(O)[nH]c3c2)c1. The summed E-state index contributed by atoms with van der Waals surface area (Å²) in [6.45, 7) is 5.06. The number of H-pyrrole nitrogens is 1. The molecule has 1 aliphatic rings. The van der Waals surface area contributed by atoms with Crippen LogP contribution in [0, 0.1) is 6.92 Å². The van der Waals surface area contributed by atoms with Gasteiger partial charge in [0.1, 0.15) is 0 Å². The van der Waals surface area contributed by atoms with E-state index in [4.69, 9.17) is 4.42 Å². The van der Waals surface area contributed by atoms with Crippen molar-refractivity contribution in [2.75, 3.05) is 18.4 Å². The minimum Gasteiger partial charge on any atom is -0.494 e. The number of fused-ring (bicyclic) bond motifs is 1. The molecule has 3 heterocycles. The summed E-state index contributed by atoms with van der Waals surface area (Å²) in [7, 11) is 0. The summed E-state index contributed by atoms with van der Waals surface area (Å²) in [6, 6.07) is 21.8. The van der Waals surface area contributed by atoms with Crippen LogP contribution in [0.15, 0.2) is 88.5 Å². The van der Waals surface area contributed by atoms with Crippen LogP contribution in [-0.4, -0.2) is 46.0 Å². The van der Waals surface area contributed by atoms with Crippen molar-refractivity contribution in [3.8, 4) is 5.88 Å². The molecule has 0 unspecified atom stereocenters. The number of benzene rings is 3. The van der Waals surface area contributed by atoms with Crippen molar-refractivity contribution in [1.29, 1.82) is 0 Å². The summed E-state index contributed by atoms with van der Waals surface area (Å²) in [4.78, 5) is 35.8. The van der Waals surface area contributed by atoms with E-state index in [1.54, 1.807) is 61.7 Å². The number of aliphatic imine (C=N–C) groups is 1. The number of aromatic amines is 1. The molecule has 1 fully saturated rings. The van der Waals surface area contributed by atoms with Crippen LogP contribution in [0.3, 0.4) is 0 Å².